The molecule has 108 valence electrons. The summed E-state index contributed by atoms with van der Waals surface area (Å²) in [5, 5.41) is 6.57. The van der Waals surface area contributed by atoms with Crippen molar-refractivity contribution >= 4 is 15.9 Å². The van der Waals surface area contributed by atoms with E-state index in [9.17, 15) is 13.2 Å². The number of rotatable bonds is 4. The molecule has 0 atom stereocenters. The Hall–Kier alpha value is -1.41. The van der Waals surface area contributed by atoms with Gasteiger partial charge in [-0.3, -0.25) is 0 Å². The average molecular weight is 350 g/mol. The first kappa shape index (κ1) is 15.0. The summed E-state index contributed by atoms with van der Waals surface area (Å²) in [7, 11) is 1.76. The molecule has 4 nitrogen and oxygen atoms in total. The minimum Gasteiger partial charge on any atom is -0.334 e. The number of aromatic nitrogens is 2. The number of nitrogens with zero attached hydrogens (tertiary/aromatic N) is 2. The number of hydrogen-bond acceptors (Lipinski definition) is 4. The molecule has 0 saturated carbocycles. The van der Waals surface area contributed by atoms with E-state index in [4.69, 9.17) is 4.52 Å². The minimum absolute atomic E-state index is 0.121. The molecule has 0 aliphatic heterocycles. The lowest BCUT2D eigenvalue weighted by atomic mass is 10.1. The second kappa shape index (κ2) is 5.92. The fourth-order valence-corrected chi connectivity index (χ4v) is 2.00. The van der Waals surface area contributed by atoms with E-state index in [2.05, 4.69) is 31.4 Å². The zero-order chi connectivity index (χ0) is 14.8. The number of benzene rings is 1. The van der Waals surface area contributed by atoms with Crippen molar-refractivity contribution in [2.45, 2.75) is 12.6 Å². The van der Waals surface area contributed by atoms with Crippen molar-refractivity contribution in [1.29, 1.82) is 0 Å². The summed E-state index contributed by atoms with van der Waals surface area (Å²) in [6, 6.07) is 3.80. The van der Waals surface area contributed by atoms with Crippen LogP contribution in [0.25, 0.3) is 11.5 Å². The average Bonchev–Trinajstić information content (AvgIpc) is 2.84. The van der Waals surface area contributed by atoms with Crippen molar-refractivity contribution in [2.75, 3.05) is 13.6 Å². The highest BCUT2D eigenvalue weighted by Crippen LogP contribution is 2.38. The quantitative estimate of drug-likeness (QED) is 0.920. The van der Waals surface area contributed by atoms with Gasteiger partial charge in [0.05, 0.1) is 11.1 Å². The SMILES string of the molecule is CNCCc1noc(-c2ccc(Br)cc2C(F)(F)F)n1. The van der Waals surface area contributed by atoms with Gasteiger partial charge in [-0.15, -0.1) is 0 Å². The highest BCUT2D eigenvalue weighted by molar-refractivity contribution is 9.10. The van der Waals surface area contributed by atoms with E-state index in [-0.39, 0.29) is 11.5 Å². The molecule has 0 amide bonds. The highest BCUT2D eigenvalue weighted by atomic mass is 79.9. The Bertz CT molecular complexity index is 598. The van der Waals surface area contributed by atoms with E-state index in [0.29, 0.717) is 23.3 Å². The second-order valence-corrected chi connectivity index (χ2v) is 4.97. The highest BCUT2D eigenvalue weighted by Gasteiger charge is 2.35. The molecule has 2 rings (SSSR count). The number of hydrogen-bond donors (Lipinski definition) is 1. The first-order valence-electron chi connectivity index (χ1n) is 5.76. The fourth-order valence-electron chi connectivity index (χ4n) is 1.64. The van der Waals surface area contributed by atoms with Crippen molar-refractivity contribution < 1.29 is 17.7 Å². The third-order valence-corrected chi connectivity index (χ3v) is 3.08. The van der Waals surface area contributed by atoms with Crippen molar-refractivity contribution in [3.05, 3.63) is 34.1 Å². The van der Waals surface area contributed by atoms with Gasteiger partial charge in [-0.25, -0.2) is 0 Å². The summed E-state index contributed by atoms with van der Waals surface area (Å²) >= 11 is 3.03. The number of likely N-dealkylation sites (N-methyl/N-ethyl adjacent to an activating group) is 1. The summed E-state index contributed by atoms with van der Waals surface area (Å²) in [6.45, 7) is 0.617. The van der Waals surface area contributed by atoms with E-state index in [1.54, 1.807) is 7.05 Å². The summed E-state index contributed by atoms with van der Waals surface area (Å²) in [5.74, 6) is 0.237. The lowest BCUT2D eigenvalue weighted by Gasteiger charge is -2.10. The number of nitrogens with one attached hydrogen (secondary N) is 1. The van der Waals surface area contributed by atoms with Crippen LogP contribution < -0.4 is 5.32 Å². The monoisotopic (exact) mass is 349 g/mol. The Balaban J connectivity index is 2.39. The second-order valence-electron chi connectivity index (χ2n) is 4.06. The zero-order valence-electron chi connectivity index (χ0n) is 10.5. The van der Waals surface area contributed by atoms with E-state index >= 15 is 0 Å². The molecular formula is C12H11BrF3N3O. The predicted octanol–water partition coefficient (Wildman–Crippen LogP) is 3.28. The van der Waals surface area contributed by atoms with Crippen molar-refractivity contribution in [1.82, 2.24) is 15.5 Å². The third-order valence-electron chi connectivity index (χ3n) is 2.58. The summed E-state index contributed by atoms with van der Waals surface area (Å²) < 4.78 is 44.3. The van der Waals surface area contributed by atoms with Crippen LogP contribution in [0.4, 0.5) is 13.2 Å². The van der Waals surface area contributed by atoms with Gasteiger partial charge in [0.15, 0.2) is 5.82 Å². The molecule has 0 unspecified atom stereocenters. The van der Waals surface area contributed by atoms with E-state index in [1.807, 2.05) is 0 Å². The molecule has 0 aliphatic rings. The van der Waals surface area contributed by atoms with E-state index in [0.717, 1.165) is 6.07 Å². The van der Waals surface area contributed by atoms with Crippen LogP contribution >= 0.6 is 15.9 Å². The topological polar surface area (TPSA) is 51.0 Å². The molecule has 1 heterocycles. The van der Waals surface area contributed by atoms with Crippen LogP contribution in [0.2, 0.25) is 0 Å². The van der Waals surface area contributed by atoms with Gasteiger partial charge in [0.25, 0.3) is 5.89 Å². The predicted molar refractivity (Wildman–Crippen MR) is 70.1 cm³/mol. The molecule has 0 spiro atoms. The number of alkyl halides is 3. The van der Waals surface area contributed by atoms with Crippen LogP contribution in [0, 0.1) is 0 Å². The van der Waals surface area contributed by atoms with Gasteiger partial charge >= 0.3 is 6.18 Å². The molecule has 1 aromatic heterocycles. The number of halogens is 4. The molecule has 0 fully saturated rings. The van der Waals surface area contributed by atoms with Crippen LogP contribution in [0.1, 0.15) is 11.4 Å². The maximum atomic E-state index is 13.0. The standard InChI is InChI=1S/C12H11BrF3N3O/c1-17-5-4-10-18-11(20-19-10)8-3-2-7(13)6-9(8)12(14,15)16/h2-3,6,17H,4-5H2,1H3. The molecule has 0 radical (unpaired) electrons. The molecule has 20 heavy (non-hydrogen) atoms. The van der Waals surface area contributed by atoms with Gasteiger partial charge in [-0.05, 0) is 25.2 Å². The normalized spacial score (nSPS) is 11.8. The minimum atomic E-state index is -4.49. The van der Waals surface area contributed by atoms with Crippen molar-refractivity contribution in [3.63, 3.8) is 0 Å². The van der Waals surface area contributed by atoms with Crippen LogP contribution in [-0.2, 0) is 12.6 Å². The lowest BCUT2D eigenvalue weighted by molar-refractivity contribution is -0.137. The smallest absolute Gasteiger partial charge is 0.334 e. The summed E-state index contributed by atoms with van der Waals surface area (Å²) in [5.41, 5.74) is -0.931. The molecule has 2 aromatic rings. The molecule has 0 bridgehead atoms. The lowest BCUT2D eigenvalue weighted by Crippen LogP contribution is -2.11. The van der Waals surface area contributed by atoms with Gasteiger partial charge in [-0.2, -0.15) is 18.2 Å². The van der Waals surface area contributed by atoms with Crippen LogP contribution in [0.3, 0.4) is 0 Å². The molecule has 0 aliphatic carbocycles. The Morgan fingerprint density at radius 1 is 1.35 bits per heavy atom. The van der Waals surface area contributed by atoms with Crippen LogP contribution in [0.15, 0.2) is 27.2 Å². The van der Waals surface area contributed by atoms with Gasteiger partial charge < -0.3 is 9.84 Å². The van der Waals surface area contributed by atoms with Gasteiger partial charge in [0, 0.05) is 17.4 Å². The van der Waals surface area contributed by atoms with E-state index < -0.39 is 11.7 Å². The largest absolute Gasteiger partial charge is 0.417 e. The summed E-state index contributed by atoms with van der Waals surface area (Å²) in [4.78, 5) is 3.99. The fraction of sp³-hybridized carbons (Fsp3) is 0.333. The maximum Gasteiger partial charge on any atom is 0.417 e. The molecule has 0 saturated heterocycles. The zero-order valence-corrected chi connectivity index (χ0v) is 12.0. The maximum absolute atomic E-state index is 13.0. The van der Waals surface area contributed by atoms with Crippen LogP contribution in [-0.4, -0.2) is 23.7 Å². The third kappa shape index (κ3) is 3.37. The first-order chi connectivity index (χ1) is 9.41. The molecule has 1 aromatic carbocycles. The molecule has 8 heteroatoms. The first-order valence-corrected chi connectivity index (χ1v) is 6.55. The van der Waals surface area contributed by atoms with E-state index in [1.165, 1.54) is 12.1 Å². The molecular weight excluding hydrogens is 339 g/mol. The van der Waals surface area contributed by atoms with Gasteiger partial charge in [0.2, 0.25) is 0 Å². The molecule has 1 N–H and O–H groups in total. The Morgan fingerprint density at radius 3 is 2.75 bits per heavy atom. The van der Waals surface area contributed by atoms with Crippen molar-refractivity contribution in [2.24, 2.45) is 0 Å². The van der Waals surface area contributed by atoms with Crippen molar-refractivity contribution in [3.8, 4) is 11.5 Å². The van der Waals surface area contributed by atoms with Gasteiger partial charge in [-0.1, -0.05) is 21.1 Å². The summed E-state index contributed by atoms with van der Waals surface area (Å²) in [6.07, 6.45) is -4.00. The Morgan fingerprint density at radius 2 is 2.10 bits per heavy atom. The Labute approximate surface area is 121 Å². The van der Waals surface area contributed by atoms with Crippen LogP contribution in [0.5, 0.6) is 0 Å². The van der Waals surface area contributed by atoms with Gasteiger partial charge in [0.1, 0.15) is 0 Å². The Kier molecular flexibility index (Phi) is 4.44.